The van der Waals surface area contributed by atoms with Crippen molar-refractivity contribution in [2.24, 2.45) is 0 Å². The van der Waals surface area contributed by atoms with Gasteiger partial charge in [0.2, 0.25) is 0 Å². The van der Waals surface area contributed by atoms with Crippen LogP contribution in [0.2, 0.25) is 5.02 Å². The molecule has 4 aromatic heterocycles. The zero-order valence-corrected chi connectivity index (χ0v) is 16.0. The van der Waals surface area contributed by atoms with E-state index in [-0.39, 0.29) is 5.56 Å². The molecular weight excluding hydrogens is 433 g/mol. The third kappa shape index (κ3) is 2.54. The number of H-pyrrole nitrogens is 1. The molecule has 0 saturated heterocycles. The summed E-state index contributed by atoms with van der Waals surface area (Å²) in [5, 5.41) is 7.93. The molecule has 132 valence electrons. The van der Waals surface area contributed by atoms with Gasteiger partial charge in [0, 0.05) is 35.1 Å². The fraction of sp³-hybridized carbons (Fsp3) is 0. The first-order chi connectivity index (χ1) is 13.1. The van der Waals surface area contributed by atoms with Crippen LogP contribution in [-0.2, 0) is 0 Å². The first kappa shape index (κ1) is 16.4. The Morgan fingerprint density at radius 1 is 1.15 bits per heavy atom. The number of imidazole rings is 1. The van der Waals surface area contributed by atoms with Gasteiger partial charge in [-0.1, -0.05) is 17.7 Å². The van der Waals surface area contributed by atoms with E-state index in [2.05, 4.69) is 36.1 Å². The van der Waals surface area contributed by atoms with E-state index < -0.39 is 5.82 Å². The van der Waals surface area contributed by atoms with Gasteiger partial charge >= 0.3 is 0 Å². The molecule has 27 heavy (non-hydrogen) atoms. The maximum absolute atomic E-state index is 14.4. The first-order valence-electron chi connectivity index (χ1n) is 8.03. The maximum atomic E-state index is 14.4. The first-order valence-corrected chi connectivity index (χ1v) is 9.20. The van der Waals surface area contributed by atoms with Crippen molar-refractivity contribution in [3.05, 3.63) is 70.6 Å². The van der Waals surface area contributed by atoms with Crippen molar-refractivity contribution in [2.75, 3.05) is 0 Å². The molecule has 0 unspecified atom stereocenters. The van der Waals surface area contributed by atoms with E-state index in [1.165, 1.54) is 6.07 Å². The molecule has 0 amide bonds. The molecule has 5 nitrogen and oxygen atoms in total. The number of pyridine rings is 2. The van der Waals surface area contributed by atoms with Gasteiger partial charge in [-0.15, -0.1) is 0 Å². The fourth-order valence-electron chi connectivity index (χ4n) is 3.12. The van der Waals surface area contributed by atoms with Crippen LogP contribution >= 0.6 is 27.5 Å². The smallest absolute Gasteiger partial charge is 0.147 e. The number of hydrogen-bond acceptors (Lipinski definition) is 3. The molecule has 4 heterocycles. The van der Waals surface area contributed by atoms with Crippen LogP contribution in [0.25, 0.3) is 38.9 Å². The number of benzene rings is 1. The molecule has 8 heteroatoms. The van der Waals surface area contributed by atoms with Gasteiger partial charge in [-0.2, -0.15) is 5.10 Å². The number of hydrogen-bond donors (Lipinski definition) is 1. The van der Waals surface area contributed by atoms with Crippen LogP contribution in [-0.4, -0.2) is 24.6 Å². The Morgan fingerprint density at radius 2 is 2.04 bits per heavy atom. The standard InChI is InChI=1S/C19H10BrClFN5/c20-18-17(16-13(21)2-1-3-14(16)22)26-19-12-6-10(11-8-24-25-9-11)7-23-15(12)4-5-27(18)19/h1-9H,(H,24,25). The molecule has 0 bridgehead atoms. The minimum absolute atomic E-state index is 0.266. The lowest BCUT2D eigenvalue weighted by molar-refractivity contribution is 0.631. The van der Waals surface area contributed by atoms with Crippen LogP contribution in [0, 0.1) is 5.82 Å². The van der Waals surface area contributed by atoms with Crippen molar-refractivity contribution >= 4 is 44.1 Å². The molecule has 5 aromatic rings. The molecule has 0 radical (unpaired) electrons. The number of aromatic amines is 1. The van der Waals surface area contributed by atoms with Crippen molar-refractivity contribution in [1.29, 1.82) is 0 Å². The van der Waals surface area contributed by atoms with E-state index in [0.717, 1.165) is 22.0 Å². The summed E-state index contributed by atoms with van der Waals surface area (Å²) < 4.78 is 16.9. The van der Waals surface area contributed by atoms with Gasteiger partial charge in [-0.05, 0) is 40.2 Å². The SMILES string of the molecule is Fc1cccc(Cl)c1-c1nc2c3cc(-c4cn[nH]c4)cnc3ccn2c1Br. The molecule has 0 aliphatic rings. The average molecular weight is 443 g/mol. The lowest BCUT2D eigenvalue weighted by Gasteiger charge is -2.03. The summed E-state index contributed by atoms with van der Waals surface area (Å²) in [5.41, 5.74) is 3.99. The van der Waals surface area contributed by atoms with Gasteiger partial charge in [0.1, 0.15) is 21.8 Å². The highest BCUT2D eigenvalue weighted by atomic mass is 79.9. The number of aromatic nitrogens is 5. The van der Waals surface area contributed by atoms with Crippen LogP contribution in [0.3, 0.4) is 0 Å². The van der Waals surface area contributed by atoms with E-state index in [0.29, 0.717) is 21.0 Å². The monoisotopic (exact) mass is 441 g/mol. The van der Waals surface area contributed by atoms with E-state index in [1.54, 1.807) is 30.7 Å². The number of fused-ring (bicyclic) bond motifs is 3. The third-order valence-corrected chi connectivity index (χ3v) is 5.50. The van der Waals surface area contributed by atoms with Crippen LogP contribution in [0.15, 0.2) is 59.7 Å². The molecule has 1 N–H and O–H groups in total. The van der Waals surface area contributed by atoms with Gasteiger partial charge in [0.25, 0.3) is 0 Å². The lowest BCUT2D eigenvalue weighted by atomic mass is 10.1. The van der Waals surface area contributed by atoms with Crippen molar-refractivity contribution in [2.45, 2.75) is 0 Å². The van der Waals surface area contributed by atoms with Crippen LogP contribution in [0.4, 0.5) is 4.39 Å². The van der Waals surface area contributed by atoms with Gasteiger partial charge < -0.3 is 0 Å². The number of nitrogens with zero attached hydrogens (tertiary/aromatic N) is 4. The normalized spacial score (nSPS) is 11.5. The van der Waals surface area contributed by atoms with E-state index in [4.69, 9.17) is 11.6 Å². The quantitative estimate of drug-likeness (QED) is 0.393. The lowest BCUT2D eigenvalue weighted by Crippen LogP contribution is -1.89. The van der Waals surface area contributed by atoms with Crippen molar-refractivity contribution in [3.63, 3.8) is 0 Å². The Kier molecular flexibility index (Phi) is 3.73. The van der Waals surface area contributed by atoms with Crippen molar-refractivity contribution < 1.29 is 4.39 Å². The Balaban J connectivity index is 1.82. The molecule has 0 saturated carbocycles. The van der Waals surface area contributed by atoms with Gasteiger partial charge in [0.05, 0.1) is 22.3 Å². The molecule has 0 aliphatic carbocycles. The second-order valence-electron chi connectivity index (χ2n) is 6.00. The van der Waals surface area contributed by atoms with Crippen LogP contribution in [0.1, 0.15) is 0 Å². The summed E-state index contributed by atoms with van der Waals surface area (Å²) in [6.45, 7) is 0. The maximum Gasteiger partial charge on any atom is 0.147 e. The predicted octanol–water partition coefficient (Wildman–Crippen LogP) is 5.49. The highest BCUT2D eigenvalue weighted by Gasteiger charge is 2.19. The van der Waals surface area contributed by atoms with Crippen LogP contribution < -0.4 is 0 Å². The highest BCUT2D eigenvalue weighted by molar-refractivity contribution is 9.10. The van der Waals surface area contributed by atoms with Gasteiger partial charge in [0.15, 0.2) is 0 Å². The van der Waals surface area contributed by atoms with E-state index in [9.17, 15) is 4.39 Å². The zero-order chi connectivity index (χ0) is 18.5. The molecular formula is C19H10BrClFN5. The summed E-state index contributed by atoms with van der Waals surface area (Å²) in [6, 6.07) is 8.47. The topological polar surface area (TPSA) is 58.9 Å². The van der Waals surface area contributed by atoms with Crippen LogP contribution in [0.5, 0.6) is 0 Å². The molecule has 0 aliphatic heterocycles. The Hall–Kier alpha value is -2.77. The summed E-state index contributed by atoms with van der Waals surface area (Å²) in [7, 11) is 0. The Labute approximate surface area is 166 Å². The minimum Gasteiger partial charge on any atom is -0.293 e. The summed E-state index contributed by atoms with van der Waals surface area (Å²) >= 11 is 9.78. The van der Waals surface area contributed by atoms with Crippen molar-refractivity contribution in [1.82, 2.24) is 24.6 Å². The minimum atomic E-state index is -0.423. The Bertz CT molecular complexity index is 1290. The molecule has 1 aromatic carbocycles. The second-order valence-corrected chi connectivity index (χ2v) is 7.16. The zero-order valence-electron chi connectivity index (χ0n) is 13.6. The van der Waals surface area contributed by atoms with Crippen molar-refractivity contribution in [3.8, 4) is 22.4 Å². The number of nitrogens with one attached hydrogen (secondary N) is 1. The Morgan fingerprint density at radius 3 is 2.81 bits per heavy atom. The number of halogens is 3. The molecule has 0 atom stereocenters. The predicted molar refractivity (Wildman–Crippen MR) is 106 cm³/mol. The second kappa shape index (κ2) is 6.14. The van der Waals surface area contributed by atoms with Gasteiger partial charge in [-0.3, -0.25) is 14.5 Å². The molecule has 0 fully saturated rings. The summed E-state index contributed by atoms with van der Waals surface area (Å²) in [4.78, 5) is 9.21. The molecule has 5 rings (SSSR count). The number of rotatable bonds is 2. The summed E-state index contributed by atoms with van der Waals surface area (Å²) in [5.74, 6) is -0.423. The fourth-order valence-corrected chi connectivity index (χ4v) is 3.95. The average Bonchev–Trinajstić information content (AvgIpc) is 3.31. The largest absolute Gasteiger partial charge is 0.293 e. The van der Waals surface area contributed by atoms with E-state index in [1.807, 2.05) is 22.7 Å². The summed E-state index contributed by atoms with van der Waals surface area (Å²) in [6.07, 6.45) is 7.16. The molecule has 0 spiro atoms. The third-order valence-electron chi connectivity index (χ3n) is 4.42. The van der Waals surface area contributed by atoms with Gasteiger partial charge in [-0.25, -0.2) is 9.37 Å². The van der Waals surface area contributed by atoms with E-state index >= 15 is 0 Å². The highest BCUT2D eigenvalue weighted by Crippen LogP contribution is 2.37.